The van der Waals surface area contributed by atoms with Gasteiger partial charge in [0.05, 0.1) is 6.42 Å². The standard InChI is InChI=1S/C19H20N4O3/c1-12-4-3-5-15(10-12)18(25)21-16-8-6-14(7-9-16)19(26)23-22-13(2)11-17(20)24/h3-10H,11H2,1-2H3,(H2,20,24)(H,21,25)(H,23,26)/b22-13+. The third-order valence-corrected chi connectivity index (χ3v) is 3.46. The molecule has 7 nitrogen and oxygen atoms in total. The molecule has 0 aliphatic carbocycles. The summed E-state index contributed by atoms with van der Waals surface area (Å²) < 4.78 is 0. The van der Waals surface area contributed by atoms with Gasteiger partial charge in [-0.3, -0.25) is 14.4 Å². The van der Waals surface area contributed by atoms with E-state index >= 15 is 0 Å². The molecule has 0 heterocycles. The van der Waals surface area contributed by atoms with E-state index in [1.165, 1.54) is 0 Å². The number of carbonyl (C=O) groups is 3. The molecule has 2 aromatic rings. The second-order valence-electron chi connectivity index (χ2n) is 5.83. The highest BCUT2D eigenvalue weighted by Gasteiger charge is 2.08. The Bertz CT molecular complexity index is 857. The summed E-state index contributed by atoms with van der Waals surface area (Å²) in [5.74, 6) is -1.17. The van der Waals surface area contributed by atoms with Crippen LogP contribution in [0.5, 0.6) is 0 Å². The van der Waals surface area contributed by atoms with E-state index < -0.39 is 11.8 Å². The third-order valence-electron chi connectivity index (χ3n) is 3.46. The maximum Gasteiger partial charge on any atom is 0.271 e. The number of primary amides is 1. The van der Waals surface area contributed by atoms with Gasteiger partial charge in [0.15, 0.2) is 0 Å². The molecule has 0 aliphatic heterocycles. The summed E-state index contributed by atoms with van der Waals surface area (Å²) in [4.78, 5) is 35.0. The largest absolute Gasteiger partial charge is 0.369 e. The van der Waals surface area contributed by atoms with Crippen LogP contribution in [0.2, 0.25) is 0 Å². The number of carbonyl (C=O) groups excluding carboxylic acids is 3. The van der Waals surface area contributed by atoms with Crippen molar-refractivity contribution in [1.29, 1.82) is 0 Å². The molecule has 3 amide bonds. The zero-order valence-electron chi connectivity index (χ0n) is 14.6. The Morgan fingerprint density at radius 1 is 1.00 bits per heavy atom. The van der Waals surface area contributed by atoms with Crippen molar-refractivity contribution in [2.24, 2.45) is 10.8 Å². The maximum atomic E-state index is 12.2. The van der Waals surface area contributed by atoms with E-state index in [-0.39, 0.29) is 12.3 Å². The summed E-state index contributed by atoms with van der Waals surface area (Å²) in [6.07, 6.45) is -0.0236. The molecule has 134 valence electrons. The van der Waals surface area contributed by atoms with Crippen LogP contribution < -0.4 is 16.5 Å². The Balaban J connectivity index is 1.98. The molecule has 4 N–H and O–H groups in total. The van der Waals surface area contributed by atoms with Crippen LogP contribution in [0.15, 0.2) is 53.6 Å². The second-order valence-corrected chi connectivity index (χ2v) is 5.83. The Labute approximate surface area is 151 Å². The number of nitrogens with two attached hydrogens (primary N) is 1. The number of aryl methyl sites for hydroxylation is 1. The number of nitrogens with one attached hydrogen (secondary N) is 2. The Morgan fingerprint density at radius 2 is 1.69 bits per heavy atom. The van der Waals surface area contributed by atoms with Crippen molar-refractivity contribution < 1.29 is 14.4 Å². The summed E-state index contributed by atoms with van der Waals surface area (Å²) in [6, 6.07) is 13.7. The normalized spacial score (nSPS) is 10.9. The average Bonchev–Trinajstić information content (AvgIpc) is 2.59. The zero-order valence-corrected chi connectivity index (χ0v) is 14.6. The molecule has 0 saturated carbocycles. The van der Waals surface area contributed by atoms with E-state index in [2.05, 4.69) is 15.8 Å². The van der Waals surface area contributed by atoms with Crippen molar-refractivity contribution in [2.45, 2.75) is 20.3 Å². The fourth-order valence-electron chi connectivity index (χ4n) is 2.20. The highest BCUT2D eigenvalue weighted by atomic mass is 16.2. The molecule has 0 aliphatic rings. The number of amides is 3. The smallest absolute Gasteiger partial charge is 0.271 e. The molecular weight excluding hydrogens is 332 g/mol. The molecule has 2 rings (SSSR count). The topological polar surface area (TPSA) is 114 Å². The molecule has 0 radical (unpaired) electrons. The van der Waals surface area contributed by atoms with Crippen LogP contribution in [-0.4, -0.2) is 23.4 Å². The lowest BCUT2D eigenvalue weighted by atomic mass is 10.1. The summed E-state index contributed by atoms with van der Waals surface area (Å²) >= 11 is 0. The summed E-state index contributed by atoms with van der Waals surface area (Å²) in [6.45, 7) is 3.51. The minimum atomic E-state index is -0.519. The maximum absolute atomic E-state index is 12.2. The van der Waals surface area contributed by atoms with Gasteiger partial charge < -0.3 is 11.1 Å². The lowest BCUT2D eigenvalue weighted by Crippen LogP contribution is -2.21. The molecule has 26 heavy (non-hydrogen) atoms. The lowest BCUT2D eigenvalue weighted by molar-refractivity contribution is -0.116. The van der Waals surface area contributed by atoms with E-state index in [9.17, 15) is 14.4 Å². The molecule has 0 bridgehead atoms. The van der Waals surface area contributed by atoms with Crippen LogP contribution in [0.25, 0.3) is 0 Å². The number of nitrogens with zero attached hydrogens (tertiary/aromatic N) is 1. The first-order chi connectivity index (χ1) is 12.3. The predicted octanol–water partition coefficient (Wildman–Crippen LogP) is 2.23. The molecular formula is C19H20N4O3. The van der Waals surface area contributed by atoms with E-state index in [1.807, 2.05) is 19.1 Å². The predicted molar refractivity (Wildman–Crippen MR) is 100.0 cm³/mol. The van der Waals surface area contributed by atoms with E-state index in [1.54, 1.807) is 43.3 Å². The van der Waals surface area contributed by atoms with Gasteiger partial charge in [-0.2, -0.15) is 5.10 Å². The van der Waals surface area contributed by atoms with Gasteiger partial charge in [-0.15, -0.1) is 0 Å². The van der Waals surface area contributed by atoms with Gasteiger partial charge >= 0.3 is 0 Å². The number of anilines is 1. The highest BCUT2D eigenvalue weighted by molar-refractivity contribution is 6.05. The molecule has 2 aromatic carbocycles. The number of rotatable bonds is 6. The fraction of sp³-hybridized carbons (Fsp3) is 0.158. The van der Waals surface area contributed by atoms with Gasteiger partial charge in [0.1, 0.15) is 0 Å². The zero-order chi connectivity index (χ0) is 19.1. The first-order valence-corrected chi connectivity index (χ1v) is 7.95. The Hall–Kier alpha value is -3.48. The molecule has 0 fully saturated rings. The summed E-state index contributed by atoms with van der Waals surface area (Å²) in [5, 5.41) is 6.58. The molecule has 0 spiro atoms. The van der Waals surface area contributed by atoms with E-state index in [0.29, 0.717) is 22.5 Å². The third kappa shape index (κ3) is 5.55. The minimum absolute atomic E-state index is 0.0236. The molecule has 0 saturated heterocycles. The first-order valence-electron chi connectivity index (χ1n) is 7.95. The van der Waals surface area contributed by atoms with Gasteiger partial charge in [-0.1, -0.05) is 17.7 Å². The van der Waals surface area contributed by atoms with Gasteiger partial charge in [-0.25, -0.2) is 5.43 Å². The number of hydrogen-bond acceptors (Lipinski definition) is 4. The summed E-state index contributed by atoms with van der Waals surface area (Å²) in [7, 11) is 0. The lowest BCUT2D eigenvalue weighted by Gasteiger charge is -2.07. The molecule has 0 unspecified atom stereocenters. The number of hydrazone groups is 1. The van der Waals surface area contributed by atoms with E-state index in [4.69, 9.17) is 5.73 Å². The van der Waals surface area contributed by atoms with Crippen molar-refractivity contribution in [2.75, 3.05) is 5.32 Å². The van der Waals surface area contributed by atoms with Gasteiger partial charge in [-0.05, 0) is 50.2 Å². The van der Waals surface area contributed by atoms with Crippen molar-refractivity contribution in [1.82, 2.24) is 5.43 Å². The van der Waals surface area contributed by atoms with Gasteiger partial charge in [0, 0.05) is 22.5 Å². The highest BCUT2D eigenvalue weighted by Crippen LogP contribution is 2.12. The molecule has 7 heteroatoms. The Morgan fingerprint density at radius 3 is 2.31 bits per heavy atom. The average molecular weight is 352 g/mol. The van der Waals surface area contributed by atoms with Gasteiger partial charge in [0.2, 0.25) is 5.91 Å². The quantitative estimate of drug-likeness (QED) is 0.547. The number of hydrogen-bond donors (Lipinski definition) is 3. The van der Waals surface area contributed by atoms with Crippen LogP contribution in [0.3, 0.4) is 0 Å². The van der Waals surface area contributed by atoms with Crippen LogP contribution in [0.1, 0.15) is 39.6 Å². The number of benzene rings is 2. The van der Waals surface area contributed by atoms with E-state index in [0.717, 1.165) is 5.56 Å². The van der Waals surface area contributed by atoms with Crippen LogP contribution in [0.4, 0.5) is 5.69 Å². The molecule has 0 atom stereocenters. The van der Waals surface area contributed by atoms with Crippen molar-refractivity contribution in [3.8, 4) is 0 Å². The van der Waals surface area contributed by atoms with Gasteiger partial charge in [0.25, 0.3) is 11.8 Å². The Kier molecular flexibility index (Phi) is 6.21. The minimum Gasteiger partial charge on any atom is -0.369 e. The fourth-order valence-corrected chi connectivity index (χ4v) is 2.20. The van der Waals surface area contributed by atoms with Crippen LogP contribution in [-0.2, 0) is 4.79 Å². The monoisotopic (exact) mass is 352 g/mol. The van der Waals surface area contributed by atoms with Crippen molar-refractivity contribution >= 4 is 29.1 Å². The SMILES string of the molecule is C/C(CC(N)=O)=N\NC(=O)c1ccc(NC(=O)c2cccc(C)c2)cc1. The van der Waals surface area contributed by atoms with Crippen LogP contribution >= 0.6 is 0 Å². The molecule has 0 aromatic heterocycles. The second kappa shape index (κ2) is 8.57. The van der Waals surface area contributed by atoms with Crippen LogP contribution in [0, 0.1) is 6.92 Å². The summed E-state index contributed by atoms with van der Waals surface area (Å²) in [5.41, 5.74) is 10.3. The van der Waals surface area contributed by atoms with Crippen molar-refractivity contribution in [3.63, 3.8) is 0 Å². The van der Waals surface area contributed by atoms with Crippen molar-refractivity contribution in [3.05, 3.63) is 65.2 Å². The first kappa shape index (κ1) is 18.9.